The molecule has 0 atom stereocenters. The van der Waals surface area contributed by atoms with E-state index >= 15 is 0 Å². The molecule has 0 saturated carbocycles. The molecule has 0 aliphatic carbocycles. The van der Waals surface area contributed by atoms with Gasteiger partial charge in [-0.3, -0.25) is 9.89 Å². The molecule has 4 rings (SSSR count). The van der Waals surface area contributed by atoms with Crippen molar-refractivity contribution in [2.75, 3.05) is 20.7 Å². The Kier molecular flexibility index (Phi) is 7.54. The number of rotatable bonds is 10. The Balaban J connectivity index is 1.25. The Morgan fingerprint density at radius 2 is 1.94 bits per heavy atom. The van der Waals surface area contributed by atoms with E-state index in [0.717, 1.165) is 48.3 Å². The fraction of sp³-hybridized carbons (Fsp3) is 0.308. The van der Waals surface area contributed by atoms with Crippen LogP contribution in [0, 0.1) is 12.7 Å². The molecule has 2 heterocycles. The van der Waals surface area contributed by atoms with Crippen LogP contribution in [-0.2, 0) is 6.42 Å². The second-order valence-electron chi connectivity index (χ2n) is 8.46. The molecule has 0 aliphatic rings. The smallest absolute Gasteiger partial charge is 0.276 e. The molecular formula is C26H29FN6O2. The quantitative estimate of drug-likeness (QED) is 0.338. The maximum atomic E-state index is 13.4. The molecule has 2 aromatic carbocycles. The van der Waals surface area contributed by atoms with Gasteiger partial charge in [-0.1, -0.05) is 29.8 Å². The van der Waals surface area contributed by atoms with Gasteiger partial charge in [-0.25, -0.2) is 9.07 Å². The minimum atomic E-state index is -0.274. The Morgan fingerprint density at radius 3 is 2.74 bits per heavy atom. The van der Waals surface area contributed by atoms with E-state index in [0.29, 0.717) is 23.7 Å². The number of nitrogens with one attached hydrogen (secondary N) is 1. The van der Waals surface area contributed by atoms with Crippen molar-refractivity contribution >= 4 is 5.91 Å². The first kappa shape index (κ1) is 24.1. The van der Waals surface area contributed by atoms with E-state index in [2.05, 4.69) is 20.5 Å². The third kappa shape index (κ3) is 5.74. The predicted molar refractivity (Wildman–Crippen MR) is 131 cm³/mol. The number of aryl methyl sites for hydroxylation is 1. The highest BCUT2D eigenvalue weighted by atomic mass is 19.1. The van der Waals surface area contributed by atoms with Crippen LogP contribution >= 0.6 is 0 Å². The third-order valence-corrected chi connectivity index (χ3v) is 5.93. The highest BCUT2D eigenvalue weighted by molar-refractivity contribution is 5.93. The van der Waals surface area contributed by atoms with Crippen molar-refractivity contribution in [1.82, 2.24) is 30.1 Å². The summed E-state index contributed by atoms with van der Waals surface area (Å²) in [5.74, 6) is 0.288. The number of hydrogen-bond acceptors (Lipinski definition) is 5. The van der Waals surface area contributed by atoms with Crippen molar-refractivity contribution in [1.29, 1.82) is 0 Å². The predicted octanol–water partition coefficient (Wildman–Crippen LogP) is 4.60. The van der Waals surface area contributed by atoms with Gasteiger partial charge < -0.3 is 9.64 Å². The van der Waals surface area contributed by atoms with E-state index in [1.807, 2.05) is 43.3 Å². The second-order valence-corrected chi connectivity index (χ2v) is 8.46. The molecule has 4 aromatic rings. The summed E-state index contributed by atoms with van der Waals surface area (Å²) in [4.78, 5) is 14.6. The zero-order valence-corrected chi connectivity index (χ0v) is 20.2. The maximum Gasteiger partial charge on any atom is 0.276 e. The van der Waals surface area contributed by atoms with Gasteiger partial charge in [0.2, 0.25) is 0 Å². The zero-order valence-electron chi connectivity index (χ0n) is 20.2. The second kappa shape index (κ2) is 10.9. The van der Waals surface area contributed by atoms with Crippen LogP contribution in [-0.4, -0.2) is 56.7 Å². The Morgan fingerprint density at radius 1 is 1.11 bits per heavy atom. The molecule has 0 unspecified atom stereocenters. The van der Waals surface area contributed by atoms with E-state index in [1.54, 1.807) is 29.8 Å². The molecule has 9 heteroatoms. The molecule has 1 N–H and O–H groups in total. The van der Waals surface area contributed by atoms with Crippen LogP contribution in [0.5, 0.6) is 5.75 Å². The number of carbonyl (C=O) groups excluding carboxylic acids is 1. The first-order chi connectivity index (χ1) is 17.0. The normalized spacial score (nSPS) is 11.0. The number of hydrogen-bond donors (Lipinski definition) is 1. The summed E-state index contributed by atoms with van der Waals surface area (Å²) in [5.41, 5.74) is 4.32. The standard InChI is InChI=1S/C26H29FN6O2/c1-18-25(30-31-33(18)22-12-8-13-23(17-22)35-3)26(34)32(2)14-6-4-5-11-21-16-24(29-28-21)19-9-7-10-20(27)15-19/h7-10,12-13,15-17H,4-6,11,14H2,1-3H3,(H,28,29). The maximum absolute atomic E-state index is 13.4. The Bertz CT molecular complexity index is 1300. The van der Waals surface area contributed by atoms with E-state index in [4.69, 9.17) is 4.74 Å². The first-order valence-corrected chi connectivity index (χ1v) is 11.6. The van der Waals surface area contributed by atoms with Gasteiger partial charge in [-0.05, 0) is 56.5 Å². The van der Waals surface area contributed by atoms with Crippen molar-refractivity contribution < 1.29 is 13.9 Å². The van der Waals surface area contributed by atoms with Crippen molar-refractivity contribution in [2.24, 2.45) is 0 Å². The van der Waals surface area contributed by atoms with Gasteiger partial charge in [0.25, 0.3) is 5.91 Å². The number of aromatic amines is 1. The molecule has 35 heavy (non-hydrogen) atoms. The highest BCUT2D eigenvalue weighted by Crippen LogP contribution is 2.20. The Hall–Kier alpha value is -4.01. The van der Waals surface area contributed by atoms with E-state index in [1.165, 1.54) is 12.1 Å². The number of benzene rings is 2. The summed E-state index contributed by atoms with van der Waals surface area (Å²) in [6, 6.07) is 15.8. The van der Waals surface area contributed by atoms with Crippen LogP contribution in [0.1, 0.15) is 41.1 Å². The lowest BCUT2D eigenvalue weighted by atomic mass is 10.1. The fourth-order valence-electron chi connectivity index (χ4n) is 3.92. The fourth-order valence-corrected chi connectivity index (χ4v) is 3.92. The summed E-state index contributed by atoms with van der Waals surface area (Å²) >= 11 is 0. The minimum Gasteiger partial charge on any atom is -0.497 e. The largest absolute Gasteiger partial charge is 0.497 e. The van der Waals surface area contributed by atoms with Crippen molar-refractivity contribution in [3.8, 4) is 22.7 Å². The van der Waals surface area contributed by atoms with Crippen LogP contribution in [0.2, 0.25) is 0 Å². The lowest BCUT2D eigenvalue weighted by Crippen LogP contribution is -2.28. The number of aromatic nitrogens is 5. The lowest BCUT2D eigenvalue weighted by molar-refractivity contribution is 0.0786. The topological polar surface area (TPSA) is 88.9 Å². The number of H-pyrrole nitrogens is 1. The number of ether oxygens (including phenoxy) is 1. The molecule has 0 spiro atoms. The molecule has 0 aliphatic heterocycles. The average Bonchev–Trinajstić information content (AvgIpc) is 3.50. The van der Waals surface area contributed by atoms with Gasteiger partial charge >= 0.3 is 0 Å². The molecule has 8 nitrogen and oxygen atoms in total. The van der Waals surface area contributed by atoms with Gasteiger partial charge in [0.15, 0.2) is 5.69 Å². The monoisotopic (exact) mass is 476 g/mol. The van der Waals surface area contributed by atoms with Gasteiger partial charge in [0.05, 0.1) is 24.2 Å². The van der Waals surface area contributed by atoms with Crippen molar-refractivity contribution in [2.45, 2.75) is 32.6 Å². The number of unbranched alkanes of at least 4 members (excludes halogenated alkanes) is 2. The van der Waals surface area contributed by atoms with Crippen LogP contribution in [0.3, 0.4) is 0 Å². The first-order valence-electron chi connectivity index (χ1n) is 11.6. The molecule has 182 valence electrons. The number of amides is 1. The summed E-state index contributed by atoms with van der Waals surface area (Å²) < 4.78 is 20.3. The SMILES string of the molecule is COc1cccc(-n2nnc(C(=O)N(C)CCCCCc3cc(-c4cccc(F)c4)n[nH]3)c2C)c1. The molecule has 2 aromatic heterocycles. The number of halogens is 1. The van der Waals surface area contributed by atoms with Gasteiger partial charge in [-0.2, -0.15) is 5.10 Å². The van der Waals surface area contributed by atoms with Gasteiger partial charge in [0, 0.05) is 30.9 Å². The van der Waals surface area contributed by atoms with Crippen molar-refractivity contribution in [3.63, 3.8) is 0 Å². The Labute approximate surface area is 203 Å². The van der Waals surface area contributed by atoms with Crippen LogP contribution in [0.4, 0.5) is 4.39 Å². The van der Waals surface area contributed by atoms with E-state index in [9.17, 15) is 9.18 Å². The molecule has 1 amide bonds. The number of carbonyl (C=O) groups is 1. The molecular weight excluding hydrogens is 447 g/mol. The summed E-state index contributed by atoms with van der Waals surface area (Å²) in [5, 5.41) is 15.6. The van der Waals surface area contributed by atoms with E-state index in [-0.39, 0.29) is 11.7 Å². The lowest BCUT2D eigenvalue weighted by Gasteiger charge is -2.16. The minimum absolute atomic E-state index is 0.148. The van der Waals surface area contributed by atoms with Crippen LogP contribution in [0.15, 0.2) is 54.6 Å². The molecule has 0 fully saturated rings. The molecule has 0 bridgehead atoms. The van der Waals surface area contributed by atoms with Gasteiger partial charge in [-0.15, -0.1) is 5.10 Å². The molecule has 0 saturated heterocycles. The zero-order chi connectivity index (χ0) is 24.8. The highest BCUT2D eigenvalue weighted by Gasteiger charge is 2.20. The van der Waals surface area contributed by atoms with E-state index < -0.39 is 0 Å². The number of methoxy groups -OCH3 is 1. The summed E-state index contributed by atoms with van der Waals surface area (Å²) in [6.45, 7) is 2.46. The third-order valence-electron chi connectivity index (χ3n) is 5.93. The van der Waals surface area contributed by atoms with Gasteiger partial charge in [0.1, 0.15) is 11.6 Å². The van der Waals surface area contributed by atoms with Crippen molar-refractivity contribution in [3.05, 3.63) is 77.5 Å². The summed E-state index contributed by atoms with van der Waals surface area (Å²) in [7, 11) is 3.39. The number of nitrogens with zero attached hydrogens (tertiary/aromatic N) is 5. The van der Waals surface area contributed by atoms with Crippen LogP contribution < -0.4 is 4.74 Å². The average molecular weight is 477 g/mol. The summed E-state index contributed by atoms with van der Waals surface area (Å²) in [6.07, 6.45) is 3.63. The van der Waals surface area contributed by atoms with Crippen LogP contribution in [0.25, 0.3) is 16.9 Å². The molecule has 0 radical (unpaired) electrons.